The van der Waals surface area contributed by atoms with Crippen molar-refractivity contribution in [3.05, 3.63) is 0 Å². The average molecular weight is 318 g/mol. The molecule has 0 radical (unpaired) electrons. The number of amides is 1. The molecule has 2 rings (SSSR count). The van der Waals surface area contributed by atoms with Crippen LogP contribution in [-0.2, 0) is 4.79 Å². The smallest absolute Gasteiger partial charge is 0.234 e. The molecule has 2 aliphatic rings. The summed E-state index contributed by atoms with van der Waals surface area (Å²) in [6, 6.07) is 0.611. The maximum Gasteiger partial charge on any atom is 0.234 e. The van der Waals surface area contributed by atoms with Gasteiger partial charge in [0.05, 0.1) is 6.54 Å². The molecule has 1 heterocycles. The molecule has 0 spiro atoms. The van der Waals surface area contributed by atoms with Crippen molar-refractivity contribution in [3.63, 3.8) is 0 Å². The summed E-state index contributed by atoms with van der Waals surface area (Å²) < 4.78 is 0. The lowest BCUT2D eigenvalue weighted by Gasteiger charge is -2.35. The van der Waals surface area contributed by atoms with Crippen molar-refractivity contribution in [3.8, 4) is 0 Å². The van der Waals surface area contributed by atoms with Gasteiger partial charge in [-0.15, -0.1) is 12.4 Å². The third-order valence-electron chi connectivity index (χ3n) is 5.47. The molecular formula is C16H32ClN3O. The lowest BCUT2D eigenvalue weighted by Crippen LogP contribution is -2.47. The second kappa shape index (κ2) is 8.35. The van der Waals surface area contributed by atoms with Gasteiger partial charge in [0.1, 0.15) is 0 Å². The predicted molar refractivity (Wildman–Crippen MR) is 89.6 cm³/mol. The molecule has 1 aliphatic carbocycles. The number of nitrogens with one attached hydrogen (secondary N) is 1. The molecule has 21 heavy (non-hydrogen) atoms. The summed E-state index contributed by atoms with van der Waals surface area (Å²) >= 11 is 0. The van der Waals surface area contributed by atoms with E-state index in [0.717, 1.165) is 31.8 Å². The third-order valence-corrected chi connectivity index (χ3v) is 5.47. The summed E-state index contributed by atoms with van der Waals surface area (Å²) in [4.78, 5) is 14.5. The Morgan fingerprint density at radius 2 is 2.05 bits per heavy atom. The van der Waals surface area contributed by atoms with E-state index in [1.807, 2.05) is 0 Å². The van der Waals surface area contributed by atoms with Crippen LogP contribution in [0.15, 0.2) is 0 Å². The molecule has 3 N–H and O–H groups in total. The van der Waals surface area contributed by atoms with Crippen molar-refractivity contribution < 1.29 is 4.79 Å². The Labute approximate surface area is 135 Å². The molecule has 0 aromatic heterocycles. The van der Waals surface area contributed by atoms with E-state index in [-0.39, 0.29) is 24.4 Å². The topological polar surface area (TPSA) is 58.4 Å². The number of hydrogen-bond donors (Lipinski definition) is 2. The first-order valence-corrected chi connectivity index (χ1v) is 8.24. The highest BCUT2D eigenvalue weighted by Gasteiger charge is 2.30. The fourth-order valence-corrected chi connectivity index (χ4v) is 3.68. The molecule has 1 saturated heterocycles. The molecule has 2 fully saturated rings. The molecule has 124 valence electrons. The van der Waals surface area contributed by atoms with Crippen LogP contribution in [-0.4, -0.2) is 42.5 Å². The van der Waals surface area contributed by atoms with Crippen molar-refractivity contribution in [2.24, 2.45) is 23.5 Å². The summed E-state index contributed by atoms with van der Waals surface area (Å²) in [6.45, 7) is 9.17. The lowest BCUT2D eigenvalue weighted by molar-refractivity contribution is -0.123. The van der Waals surface area contributed by atoms with E-state index in [0.29, 0.717) is 24.4 Å². The number of likely N-dealkylation sites (tertiary alicyclic amines) is 1. The van der Waals surface area contributed by atoms with Crippen LogP contribution in [0.2, 0.25) is 0 Å². The molecular weight excluding hydrogens is 286 g/mol. The van der Waals surface area contributed by atoms with E-state index >= 15 is 0 Å². The number of carbonyl (C=O) groups is 1. The molecule has 0 aromatic rings. The quantitative estimate of drug-likeness (QED) is 0.834. The zero-order valence-electron chi connectivity index (χ0n) is 13.7. The minimum absolute atomic E-state index is 0. The first-order chi connectivity index (χ1) is 9.47. The SMILES string of the molecule is CC(N)C1CCN(CC(=O)NC2CCCC(C)C2C)C1.Cl. The third kappa shape index (κ3) is 5.11. The standard InChI is InChI=1S/C16H31N3O.ClH/c1-11-5-4-6-15(12(11)2)18-16(20)10-19-8-7-14(9-19)13(3)17;/h11-15H,4-10,17H2,1-3H3,(H,18,20);1H. The number of nitrogens with zero attached hydrogens (tertiary/aromatic N) is 1. The summed E-state index contributed by atoms with van der Waals surface area (Å²) in [5.74, 6) is 2.07. The summed E-state index contributed by atoms with van der Waals surface area (Å²) in [5.41, 5.74) is 5.95. The Balaban J connectivity index is 0.00000220. The molecule has 0 bridgehead atoms. The minimum atomic E-state index is 0. The first kappa shape index (κ1) is 18.7. The molecule has 5 unspecified atom stereocenters. The van der Waals surface area contributed by atoms with Gasteiger partial charge in [-0.25, -0.2) is 0 Å². The molecule has 1 saturated carbocycles. The van der Waals surface area contributed by atoms with Gasteiger partial charge in [0.2, 0.25) is 5.91 Å². The van der Waals surface area contributed by atoms with Crippen LogP contribution in [0.1, 0.15) is 46.5 Å². The minimum Gasteiger partial charge on any atom is -0.352 e. The van der Waals surface area contributed by atoms with Gasteiger partial charge < -0.3 is 11.1 Å². The van der Waals surface area contributed by atoms with Crippen LogP contribution in [0.4, 0.5) is 0 Å². The Hall–Kier alpha value is -0.320. The number of hydrogen-bond acceptors (Lipinski definition) is 3. The molecule has 4 nitrogen and oxygen atoms in total. The number of carbonyl (C=O) groups excluding carboxylic acids is 1. The van der Waals surface area contributed by atoms with Crippen LogP contribution >= 0.6 is 12.4 Å². The second-order valence-corrected chi connectivity index (χ2v) is 7.08. The van der Waals surface area contributed by atoms with Crippen molar-refractivity contribution in [2.75, 3.05) is 19.6 Å². The van der Waals surface area contributed by atoms with Gasteiger partial charge in [-0.05, 0) is 44.1 Å². The zero-order valence-corrected chi connectivity index (χ0v) is 14.5. The van der Waals surface area contributed by atoms with Gasteiger partial charge in [0, 0.05) is 18.6 Å². The normalized spacial score (nSPS) is 35.0. The molecule has 5 heteroatoms. The van der Waals surface area contributed by atoms with Gasteiger partial charge in [-0.2, -0.15) is 0 Å². The Morgan fingerprint density at radius 3 is 2.67 bits per heavy atom. The van der Waals surface area contributed by atoms with Crippen molar-refractivity contribution in [1.29, 1.82) is 0 Å². The second-order valence-electron chi connectivity index (χ2n) is 7.08. The highest BCUT2D eigenvalue weighted by Crippen LogP contribution is 2.29. The first-order valence-electron chi connectivity index (χ1n) is 8.24. The zero-order chi connectivity index (χ0) is 14.7. The Kier molecular flexibility index (Phi) is 7.45. The van der Waals surface area contributed by atoms with E-state index in [1.54, 1.807) is 0 Å². The van der Waals surface area contributed by atoms with E-state index in [1.165, 1.54) is 12.8 Å². The maximum absolute atomic E-state index is 12.2. The number of nitrogens with two attached hydrogens (primary N) is 1. The van der Waals surface area contributed by atoms with Crippen LogP contribution in [0.25, 0.3) is 0 Å². The van der Waals surface area contributed by atoms with E-state index in [2.05, 4.69) is 31.0 Å². The Morgan fingerprint density at radius 1 is 1.33 bits per heavy atom. The summed E-state index contributed by atoms with van der Waals surface area (Å²) in [6.07, 6.45) is 4.81. The monoisotopic (exact) mass is 317 g/mol. The van der Waals surface area contributed by atoms with Crippen molar-refractivity contribution >= 4 is 18.3 Å². The fraction of sp³-hybridized carbons (Fsp3) is 0.938. The maximum atomic E-state index is 12.2. The number of rotatable bonds is 4. The molecule has 1 aliphatic heterocycles. The van der Waals surface area contributed by atoms with Crippen LogP contribution in [0.3, 0.4) is 0 Å². The van der Waals surface area contributed by atoms with Gasteiger partial charge >= 0.3 is 0 Å². The van der Waals surface area contributed by atoms with Gasteiger partial charge in [0.15, 0.2) is 0 Å². The van der Waals surface area contributed by atoms with Crippen molar-refractivity contribution in [2.45, 2.75) is 58.5 Å². The van der Waals surface area contributed by atoms with E-state index in [9.17, 15) is 4.79 Å². The highest BCUT2D eigenvalue weighted by atomic mass is 35.5. The highest BCUT2D eigenvalue weighted by molar-refractivity contribution is 5.85. The summed E-state index contributed by atoms with van der Waals surface area (Å²) in [7, 11) is 0. The van der Waals surface area contributed by atoms with Gasteiger partial charge in [0.25, 0.3) is 0 Å². The van der Waals surface area contributed by atoms with Crippen LogP contribution < -0.4 is 11.1 Å². The van der Waals surface area contributed by atoms with Crippen molar-refractivity contribution in [1.82, 2.24) is 10.2 Å². The fourth-order valence-electron chi connectivity index (χ4n) is 3.68. The summed E-state index contributed by atoms with van der Waals surface area (Å²) in [5, 5.41) is 3.26. The van der Waals surface area contributed by atoms with Crippen LogP contribution in [0.5, 0.6) is 0 Å². The van der Waals surface area contributed by atoms with Gasteiger partial charge in [-0.3, -0.25) is 9.69 Å². The molecule has 0 aromatic carbocycles. The Bertz CT molecular complexity index is 337. The van der Waals surface area contributed by atoms with Crippen LogP contribution in [0, 0.1) is 17.8 Å². The molecule has 1 amide bonds. The predicted octanol–water partition coefficient (Wildman–Crippen LogP) is 2.02. The molecule has 5 atom stereocenters. The van der Waals surface area contributed by atoms with E-state index < -0.39 is 0 Å². The van der Waals surface area contributed by atoms with Gasteiger partial charge in [-0.1, -0.05) is 26.7 Å². The number of halogens is 1. The largest absolute Gasteiger partial charge is 0.352 e. The van der Waals surface area contributed by atoms with E-state index in [4.69, 9.17) is 5.73 Å². The lowest BCUT2D eigenvalue weighted by atomic mass is 9.78. The average Bonchev–Trinajstić information content (AvgIpc) is 2.83.